The van der Waals surface area contributed by atoms with Gasteiger partial charge in [0, 0.05) is 20.0 Å². The molecule has 5 nitrogen and oxygen atoms in total. The summed E-state index contributed by atoms with van der Waals surface area (Å²) in [5, 5.41) is 0. The van der Waals surface area contributed by atoms with E-state index in [1.165, 1.54) is 13.0 Å². The molecule has 0 unspecified atom stereocenters. The monoisotopic (exact) mass is 256 g/mol. The van der Waals surface area contributed by atoms with Crippen molar-refractivity contribution >= 4 is 15.9 Å². The molecule has 1 aromatic carbocycles. The van der Waals surface area contributed by atoms with E-state index in [1.54, 1.807) is 25.1 Å². The summed E-state index contributed by atoms with van der Waals surface area (Å²) >= 11 is 0. The van der Waals surface area contributed by atoms with Crippen molar-refractivity contribution in [2.24, 2.45) is 5.73 Å². The van der Waals surface area contributed by atoms with Crippen molar-refractivity contribution < 1.29 is 13.2 Å². The molecule has 2 N–H and O–H groups in total. The fraction of sp³-hybridized carbons (Fsp3) is 0.364. The van der Waals surface area contributed by atoms with E-state index >= 15 is 0 Å². The minimum Gasteiger partial charge on any atom is -0.329 e. The van der Waals surface area contributed by atoms with Gasteiger partial charge in [0.05, 0.1) is 4.90 Å². The lowest BCUT2D eigenvalue weighted by Gasteiger charge is -2.21. The summed E-state index contributed by atoms with van der Waals surface area (Å²) in [5.41, 5.74) is 5.93. The van der Waals surface area contributed by atoms with E-state index in [0.717, 1.165) is 4.31 Å². The highest BCUT2D eigenvalue weighted by Crippen LogP contribution is 2.19. The standard InChI is InChI=1S/C11H16N2O3S/c1-9-5-3-4-6-11(9)17(15,16)13(8-7-12)10(2)14/h3-6H,7-8,12H2,1-2H3. The van der Waals surface area contributed by atoms with Crippen molar-refractivity contribution in [1.29, 1.82) is 0 Å². The number of hydrogen-bond acceptors (Lipinski definition) is 4. The first-order chi connectivity index (χ1) is 7.91. The lowest BCUT2D eigenvalue weighted by atomic mass is 10.2. The van der Waals surface area contributed by atoms with Gasteiger partial charge in [-0.05, 0) is 18.6 Å². The average molecular weight is 256 g/mol. The van der Waals surface area contributed by atoms with Crippen LogP contribution in [0.5, 0.6) is 0 Å². The van der Waals surface area contributed by atoms with Gasteiger partial charge >= 0.3 is 0 Å². The lowest BCUT2D eigenvalue weighted by Crippen LogP contribution is -2.39. The fourth-order valence-electron chi connectivity index (χ4n) is 1.53. The maximum Gasteiger partial charge on any atom is 0.266 e. The van der Waals surface area contributed by atoms with Gasteiger partial charge in [0.25, 0.3) is 10.0 Å². The number of nitrogens with zero attached hydrogens (tertiary/aromatic N) is 1. The predicted octanol–water partition coefficient (Wildman–Crippen LogP) is 0.491. The zero-order valence-electron chi connectivity index (χ0n) is 9.88. The van der Waals surface area contributed by atoms with Gasteiger partial charge in [-0.15, -0.1) is 0 Å². The summed E-state index contributed by atoms with van der Waals surface area (Å²) < 4.78 is 25.3. The van der Waals surface area contributed by atoms with Crippen molar-refractivity contribution in [1.82, 2.24) is 4.31 Å². The molecule has 0 fully saturated rings. The highest BCUT2D eigenvalue weighted by Gasteiger charge is 2.27. The Labute approximate surface area is 101 Å². The molecular weight excluding hydrogens is 240 g/mol. The van der Waals surface area contributed by atoms with E-state index in [9.17, 15) is 13.2 Å². The number of sulfonamides is 1. The molecule has 0 bridgehead atoms. The van der Waals surface area contributed by atoms with Crippen molar-refractivity contribution in [3.63, 3.8) is 0 Å². The van der Waals surface area contributed by atoms with Crippen molar-refractivity contribution in [2.75, 3.05) is 13.1 Å². The summed E-state index contributed by atoms with van der Waals surface area (Å²) in [6.07, 6.45) is 0. The Morgan fingerprint density at radius 1 is 1.35 bits per heavy atom. The number of hydrogen-bond donors (Lipinski definition) is 1. The van der Waals surface area contributed by atoms with Crippen LogP contribution >= 0.6 is 0 Å². The fourth-order valence-corrected chi connectivity index (χ4v) is 3.18. The minimum atomic E-state index is -3.79. The number of carbonyl (C=O) groups excluding carboxylic acids is 1. The van der Waals surface area contributed by atoms with E-state index in [1.807, 2.05) is 0 Å². The maximum absolute atomic E-state index is 12.2. The molecular formula is C11H16N2O3S. The van der Waals surface area contributed by atoms with Gasteiger partial charge in [0.2, 0.25) is 5.91 Å². The predicted molar refractivity (Wildman–Crippen MR) is 64.8 cm³/mol. The zero-order chi connectivity index (χ0) is 13.1. The molecule has 0 spiro atoms. The third kappa shape index (κ3) is 2.83. The molecule has 0 heterocycles. The van der Waals surface area contributed by atoms with Crippen LogP contribution < -0.4 is 5.73 Å². The average Bonchev–Trinajstić information content (AvgIpc) is 2.25. The molecule has 94 valence electrons. The molecule has 17 heavy (non-hydrogen) atoms. The van der Waals surface area contributed by atoms with Crippen LogP contribution in [0.1, 0.15) is 12.5 Å². The Hall–Kier alpha value is -1.40. The summed E-state index contributed by atoms with van der Waals surface area (Å²) in [6.45, 7) is 3.00. The highest BCUT2D eigenvalue weighted by atomic mass is 32.2. The molecule has 0 atom stereocenters. The maximum atomic E-state index is 12.2. The van der Waals surface area contributed by atoms with Gasteiger partial charge in [0.1, 0.15) is 0 Å². The summed E-state index contributed by atoms with van der Waals surface area (Å²) in [4.78, 5) is 11.5. The first-order valence-corrected chi connectivity index (χ1v) is 6.64. The summed E-state index contributed by atoms with van der Waals surface area (Å²) in [7, 11) is -3.79. The molecule has 6 heteroatoms. The molecule has 0 saturated carbocycles. The van der Waals surface area contributed by atoms with Gasteiger partial charge < -0.3 is 5.73 Å². The highest BCUT2D eigenvalue weighted by molar-refractivity contribution is 7.89. The Kier molecular flexibility index (Phi) is 4.25. The van der Waals surface area contributed by atoms with E-state index in [0.29, 0.717) is 5.56 Å². The normalized spacial score (nSPS) is 11.2. The molecule has 0 aliphatic rings. The number of rotatable bonds is 4. The SMILES string of the molecule is CC(=O)N(CCN)S(=O)(=O)c1ccccc1C. The molecule has 1 aromatic rings. The second kappa shape index (κ2) is 5.29. The molecule has 0 saturated heterocycles. The quantitative estimate of drug-likeness (QED) is 0.850. The Morgan fingerprint density at radius 3 is 2.41 bits per heavy atom. The van der Waals surface area contributed by atoms with Crippen LogP contribution in [0.15, 0.2) is 29.2 Å². The molecule has 1 amide bonds. The number of amides is 1. The van der Waals surface area contributed by atoms with Crippen LogP contribution in [0.2, 0.25) is 0 Å². The van der Waals surface area contributed by atoms with E-state index in [2.05, 4.69) is 0 Å². The number of aryl methyl sites for hydroxylation is 1. The van der Waals surface area contributed by atoms with Gasteiger partial charge in [0.15, 0.2) is 0 Å². The number of nitrogens with two attached hydrogens (primary N) is 1. The smallest absolute Gasteiger partial charge is 0.266 e. The second-order valence-electron chi connectivity index (χ2n) is 3.65. The van der Waals surface area contributed by atoms with Gasteiger partial charge in [-0.1, -0.05) is 18.2 Å². The molecule has 0 aromatic heterocycles. The second-order valence-corrected chi connectivity index (χ2v) is 5.48. The molecule has 1 rings (SSSR count). The summed E-state index contributed by atoms with van der Waals surface area (Å²) in [5.74, 6) is -0.529. The lowest BCUT2D eigenvalue weighted by molar-refractivity contribution is -0.124. The summed E-state index contributed by atoms with van der Waals surface area (Å²) in [6, 6.07) is 6.54. The Balaban J connectivity index is 3.27. The van der Waals surface area contributed by atoms with Gasteiger partial charge in [-0.2, -0.15) is 0 Å². The van der Waals surface area contributed by atoms with E-state index < -0.39 is 15.9 Å². The number of benzene rings is 1. The Bertz CT molecular complexity index is 511. The minimum absolute atomic E-state index is 0.00794. The Morgan fingerprint density at radius 2 is 1.94 bits per heavy atom. The third-order valence-electron chi connectivity index (χ3n) is 2.35. The van der Waals surface area contributed by atoms with Crippen LogP contribution in [0.4, 0.5) is 0 Å². The topological polar surface area (TPSA) is 80.5 Å². The first kappa shape index (κ1) is 13.7. The van der Waals surface area contributed by atoms with E-state index in [-0.39, 0.29) is 18.0 Å². The van der Waals surface area contributed by atoms with Gasteiger partial charge in [-0.3, -0.25) is 4.79 Å². The van der Waals surface area contributed by atoms with Crippen LogP contribution in [0.25, 0.3) is 0 Å². The van der Waals surface area contributed by atoms with E-state index in [4.69, 9.17) is 5.73 Å². The van der Waals surface area contributed by atoms with Crippen LogP contribution in [0, 0.1) is 6.92 Å². The van der Waals surface area contributed by atoms with Crippen LogP contribution in [-0.4, -0.2) is 31.7 Å². The van der Waals surface area contributed by atoms with Crippen LogP contribution in [0.3, 0.4) is 0 Å². The van der Waals surface area contributed by atoms with Crippen LogP contribution in [-0.2, 0) is 14.8 Å². The molecule has 0 aliphatic carbocycles. The zero-order valence-corrected chi connectivity index (χ0v) is 10.7. The molecule has 0 aliphatic heterocycles. The largest absolute Gasteiger partial charge is 0.329 e. The van der Waals surface area contributed by atoms with Crippen molar-refractivity contribution in [3.8, 4) is 0 Å². The first-order valence-electron chi connectivity index (χ1n) is 5.20. The van der Waals surface area contributed by atoms with Crippen molar-refractivity contribution in [2.45, 2.75) is 18.7 Å². The number of carbonyl (C=O) groups is 1. The van der Waals surface area contributed by atoms with Gasteiger partial charge in [-0.25, -0.2) is 12.7 Å². The third-order valence-corrected chi connectivity index (χ3v) is 4.38. The van der Waals surface area contributed by atoms with Crippen molar-refractivity contribution in [3.05, 3.63) is 29.8 Å². The molecule has 0 radical (unpaired) electrons.